The zero-order valence-corrected chi connectivity index (χ0v) is 67.1. The summed E-state index contributed by atoms with van der Waals surface area (Å²) in [5, 5.41) is 0. The van der Waals surface area contributed by atoms with E-state index < -0.39 is 12.7 Å². The Bertz CT molecular complexity index is 4390. The molecule has 114 heavy (non-hydrogen) atoms. The number of hydrogen-bond acceptors (Lipinski definition) is 20. The first-order chi connectivity index (χ1) is 54.1. The lowest BCUT2D eigenvalue weighted by atomic mass is 9.98. The number of methoxy groups -OCH3 is 12. The lowest BCUT2D eigenvalue weighted by Crippen LogP contribution is -2.44. The fraction of sp³-hybridized carbons (Fsp3) is 0.326. The molecule has 12 rings (SSSR count). The lowest BCUT2D eigenvalue weighted by Gasteiger charge is -2.40. The molecule has 0 saturated carbocycles. The van der Waals surface area contributed by atoms with Crippen LogP contribution in [0, 0.1) is 0 Å². The van der Waals surface area contributed by atoms with Crippen LogP contribution in [0.4, 0.5) is 37.7 Å². The van der Waals surface area contributed by atoms with Crippen molar-refractivity contribution in [2.45, 2.75) is 76.7 Å². The molecule has 2 aliphatic rings. The number of piperidine rings is 2. The summed E-state index contributed by atoms with van der Waals surface area (Å²) < 4.78 is 153. The third-order valence-electron chi connectivity index (χ3n) is 19.7. The quantitative estimate of drug-likeness (QED) is 0.0389. The Morgan fingerprint density at radius 2 is 0.605 bits per heavy atom. The van der Waals surface area contributed by atoms with Crippen LogP contribution in [0.25, 0.3) is 44.8 Å². The van der Waals surface area contributed by atoms with E-state index in [2.05, 4.69) is 75.4 Å². The van der Waals surface area contributed by atoms with Gasteiger partial charge in [-0.1, -0.05) is 36.4 Å². The average Bonchev–Trinajstić information content (AvgIpc) is 0.814. The number of pyridine rings is 2. The van der Waals surface area contributed by atoms with Gasteiger partial charge in [-0.2, -0.15) is 0 Å². The third-order valence-corrected chi connectivity index (χ3v) is 19.7. The Hall–Kier alpha value is -11.1. The number of nitrogens with zero attached hydrogens (tertiary/aromatic N) is 6. The number of anilines is 2. The van der Waals surface area contributed by atoms with Crippen LogP contribution in [0.1, 0.15) is 47.9 Å². The zero-order chi connectivity index (χ0) is 79.6. The predicted octanol–water partition coefficient (Wildman–Crippen LogP) is 18.9. The fourth-order valence-electron chi connectivity index (χ4n) is 14.3. The largest absolute Gasteiger partial charge is 0.573 e. The van der Waals surface area contributed by atoms with Gasteiger partial charge in [0.1, 0.15) is 11.5 Å². The number of aromatic nitrogens is 2. The Labute approximate surface area is 673 Å². The summed E-state index contributed by atoms with van der Waals surface area (Å²) in [5.74, 6) is 5.93. The zero-order valence-electron chi connectivity index (χ0n) is 65.4. The molecule has 0 atom stereocenters. The molecule has 8 aromatic carbocycles. The van der Waals surface area contributed by atoms with Crippen LogP contribution in [0.3, 0.4) is 0 Å². The Morgan fingerprint density at radius 1 is 0.325 bits per heavy atom. The molecule has 0 aliphatic carbocycles. The van der Waals surface area contributed by atoms with Crippen LogP contribution in [0.15, 0.2) is 182 Å². The molecule has 0 N–H and O–H groups in total. The highest BCUT2D eigenvalue weighted by Gasteiger charge is 2.34. The molecule has 2 aromatic heterocycles. The molecule has 28 heteroatoms. The van der Waals surface area contributed by atoms with Crippen LogP contribution in [-0.2, 0) is 26.2 Å². The van der Waals surface area contributed by atoms with Gasteiger partial charge in [-0.3, -0.25) is 19.8 Å². The molecule has 0 amide bonds. The molecule has 0 unspecified atom stereocenters. The van der Waals surface area contributed by atoms with E-state index in [1.165, 1.54) is 24.3 Å². The number of rotatable bonds is 30. The molecule has 20 nitrogen and oxygen atoms in total. The van der Waals surface area contributed by atoms with E-state index in [1.807, 2.05) is 84.9 Å². The summed E-state index contributed by atoms with van der Waals surface area (Å²) in [4.78, 5) is 18.6. The molecule has 4 heterocycles. The standard InChI is InChI=1S/2C43H46F3N3O7.2ClH/c2*1-50-37-22-31(23-38(51-2)41(37)54-5)30-9-7-8-28(20-30)27-49(33-10-12-35(13-11-33)56-43(44,45)46)34-15-18-48(19-16-34)26-29-14-17-47-36(21-29)32-24-39(52-3)42(55-6)40(25-32)53-4;;/h2*7-14,17,20-25,34H,15-16,18-19,26-27H2,1-6H3;2*1H. The number of halogens is 8. The van der Waals surface area contributed by atoms with E-state index in [0.29, 0.717) is 82.1 Å². The summed E-state index contributed by atoms with van der Waals surface area (Å²) in [5.41, 5.74) is 12.8. The van der Waals surface area contributed by atoms with E-state index in [-0.39, 0.29) is 48.4 Å². The van der Waals surface area contributed by atoms with Crippen molar-refractivity contribution in [3.05, 3.63) is 205 Å². The first-order valence-electron chi connectivity index (χ1n) is 36.1. The highest BCUT2D eigenvalue weighted by Crippen LogP contribution is 2.46. The first kappa shape index (κ1) is 86.9. The van der Waals surface area contributed by atoms with Gasteiger partial charge in [-0.25, -0.2) is 0 Å². The van der Waals surface area contributed by atoms with Crippen molar-refractivity contribution in [2.75, 3.05) is 121 Å². The van der Waals surface area contributed by atoms with Gasteiger partial charge in [-0.05, 0) is 204 Å². The molecule has 10 aromatic rings. The second kappa shape index (κ2) is 40.1. The molecule has 2 saturated heterocycles. The maximum Gasteiger partial charge on any atom is 0.573 e. The van der Waals surface area contributed by atoms with Crippen LogP contribution in [0.5, 0.6) is 80.5 Å². The normalized spacial score (nSPS) is 13.3. The van der Waals surface area contributed by atoms with E-state index in [9.17, 15) is 26.3 Å². The predicted molar refractivity (Wildman–Crippen MR) is 431 cm³/mol. The molecule has 0 bridgehead atoms. The third kappa shape index (κ3) is 21.8. The highest BCUT2D eigenvalue weighted by molar-refractivity contribution is 5.86. The Kier molecular flexibility index (Phi) is 30.6. The van der Waals surface area contributed by atoms with Gasteiger partial charge in [0.2, 0.25) is 23.0 Å². The van der Waals surface area contributed by atoms with Gasteiger partial charge in [0.05, 0.1) is 96.7 Å². The topological polar surface area (TPSA) is 168 Å². The minimum Gasteiger partial charge on any atom is -0.493 e. The van der Waals surface area contributed by atoms with Crippen LogP contribution in [0.2, 0.25) is 0 Å². The van der Waals surface area contributed by atoms with Crippen LogP contribution >= 0.6 is 24.8 Å². The van der Waals surface area contributed by atoms with Gasteiger partial charge in [0, 0.05) is 99.3 Å². The summed E-state index contributed by atoms with van der Waals surface area (Å²) in [6, 6.07) is 52.2. The SMILES string of the molecule is COc1cc(-c2cccc(CN(c3ccc(OC(F)(F)F)cc3)C3CCN(Cc4ccnc(-c5cc(OC)c(OC)c(OC)c5)c4)CC3)c2)cc(OC)c1OC.COc1cc(-c2cccc(CN(c3ccc(OC(F)(F)F)cc3)C3CCN(Cc4ccnc(-c5cc(OC)c(OC)c(OC)c5)c4)CC3)c2)cc(OC)c1OC.Cl.Cl. The number of ether oxygens (including phenoxy) is 14. The molecular formula is C86H94Cl2F6N6O14. The van der Waals surface area contributed by atoms with Crippen molar-refractivity contribution < 1.29 is 92.7 Å². The van der Waals surface area contributed by atoms with E-state index in [0.717, 1.165) is 143 Å². The van der Waals surface area contributed by atoms with Crippen molar-refractivity contribution >= 4 is 36.2 Å². The summed E-state index contributed by atoms with van der Waals surface area (Å²) in [6.45, 7) is 5.82. The van der Waals surface area contributed by atoms with Gasteiger partial charge >= 0.3 is 12.7 Å². The highest BCUT2D eigenvalue weighted by atomic mass is 35.5. The van der Waals surface area contributed by atoms with Gasteiger partial charge in [0.15, 0.2) is 46.0 Å². The molecule has 0 spiro atoms. The molecule has 2 aliphatic heterocycles. The molecule has 2 fully saturated rings. The van der Waals surface area contributed by atoms with E-state index in [4.69, 9.17) is 56.8 Å². The van der Waals surface area contributed by atoms with Crippen molar-refractivity contribution in [1.82, 2.24) is 19.8 Å². The minimum absolute atomic E-state index is 0. The summed E-state index contributed by atoms with van der Waals surface area (Å²) >= 11 is 0. The van der Waals surface area contributed by atoms with Crippen molar-refractivity contribution in [3.63, 3.8) is 0 Å². The number of likely N-dealkylation sites (tertiary alicyclic amines) is 2. The van der Waals surface area contributed by atoms with Crippen LogP contribution in [-0.4, -0.2) is 156 Å². The minimum atomic E-state index is -4.77. The second-order valence-electron chi connectivity index (χ2n) is 26.5. The maximum atomic E-state index is 13.0. The monoisotopic (exact) mass is 1620 g/mol. The summed E-state index contributed by atoms with van der Waals surface area (Å²) in [7, 11) is 18.9. The van der Waals surface area contributed by atoms with E-state index >= 15 is 0 Å². The molecule has 608 valence electrons. The fourth-order valence-corrected chi connectivity index (χ4v) is 14.3. The van der Waals surface area contributed by atoms with Gasteiger partial charge in [0.25, 0.3) is 0 Å². The number of benzene rings is 8. The van der Waals surface area contributed by atoms with Crippen molar-refractivity contribution in [3.8, 4) is 125 Å². The van der Waals surface area contributed by atoms with Gasteiger partial charge < -0.3 is 76.1 Å². The first-order valence-corrected chi connectivity index (χ1v) is 36.1. The van der Waals surface area contributed by atoms with Crippen LogP contribution < -0.4 is 76.1 Å². The average molecular weight is 1620 g/mol. The summed E-state index contributed by atoms with van der Waals surface area (Å²) in [6.07, 6.45) is -2.55. The van der Waals surface area contributed by atoms with Crippen molar-refractivity contribution in [1.29, 1.82) is 0 Å². The lowest BCUT2D eigenvalue weighted by molar-refractivity contribution is -0.275. The second-order valence-corrected chi connectivity index (χ2v) is 26.5. The molecule has 0 radical (unpaired) electrons. The van der Waals surface area contributed by atoms with Gasteiger partial charge in [-0.15, -0.1) is 51.2 Å². The van der Waals surface area contributed by atoms with Crippen molar-refractivity contribution in [2.24, 2.45) is 0 Å². The number of alkyl halides is 6. The van der Waals surface area contributed by atoms with E-state index in [1.54, 1.807) is 122 Å². The smallest absolute Gasteiger partial charge is 0.493 e. The maximum absolute atomic E-state index is 13.0. The number of hydrogen-bond donors (Lipinski definition) is 0. The Morgan fingerprint density at radius 3 is 0.868 bits per heavy atom. The molecular weight excluding hydrogens is 1530 g/mol. The Balaban J connectivity index is 0.000000257.